The normalized spacial score (nSPS) is 23.8. The highest BCUT2D eigenvalue weighted by Crippen LogP contribution is 2.38. The molecule has 0 unspecified atom stereocenters. The number of benzene rings is 1. The summed E-state index contributed by atoms with van der Waals surface area (Å²) < 4.78 is 19.1. The molecule has 2 atom stereocenters. The molecule has 156 valence electrons. The van der Waals surface area contributed by atoms with Gasteiger partial charge in [0.1, 0.15) is 17.9 Å². The molecular weight excluding hydrogens is 449 g/mol. The van der Waals surface area contributed by atoms with Crippen molar-refractivity contribution >= 4 is 45.4 Å². The van der Waals surface area contributed by atoms with E-state index < -0.39 is 48.3 Å². The Balaban J connectivity index is 1.53. The van der Waals surface area contributed by atoms with Gasteiger partial charge in [0.05, 0.1) is 5.69 Å². The fourth-order valence-corrected chi connectivity index (χ4v) is 4.07. The molecule has 8 nitrogen and oxygen atoms in total. The first-order valence-electron chi connectivity index (χ1n) is 9.27. The number of hydrogen-bond acceptors (Lipinski definition) is 5. The molecule has 2 N–H and O–H groups in total. The summed E-state index contributed by atoms with van der Waals surface area (Å²) in [5.41, 5.74) is -1.02. The molecule has 29 heavy (non-hydrogen) atoms. The van der Waals surface area contributed by atoms with Gasteiger partial charge in [-0.2, -0.15) is 0 Å². The van der Waals surface area contributed by atoms with E-state index in [0.717, 1.165) is 24.2 Å². The number of anilines is 1. The predicted molar refractivity (Wildman–Crippen MR) is 104 cm³/mol. The van der Waals surface area contributed by atoms with Crippen molar-refractivity contribution in [2.45, 2.75) is 38.1 Å². The maximum absolute atomic E-state index is 13.7. The first kappa shape index (κ1) is 21.2. The third-order valence-corrected chi connectivity index (χ3v) is 5.85. The Labute approximate surface area is 175 Å². The molecule has 1 aliphatic carbocycles. The van der Waals surface area contributed by atoms with Gasteiger partial charge in [-0.3, -0.25) is 19.3 Å². The van der Waals surface area contributed by atoms with Crippen molar-refractivity contribution in [2.24, 2.45) is 5.92 Å². The summed E-state index contributed by atoms with van der Waals surface area (Å²) in [6, 6.07) is 3.45. The smallest absolute Gasteiger partial charge is 0.326 e. The van der Waals surface area contributed by atoms with Crippen LogP contribution in [-0.2, 0) is 19.1 Å². The maximum atomic E-state index is 13.7. The first-order valence-corrected chi connectivity index (χ1v) is 10.1. The van der Waals surface area contributed by atoms with Crippen LogP contribution >= 0.6 is 15.9 Å². The van der Waals surface area contributed by atoms with Crippen LogP contribution in [0.1, 0.15) is 32.6 Å². The number of urea groups is 1. The summed E-state index contributed by atoms with van der Waals surface area (Å²) in [7, 11) is 0. The van der Waals surface area contributed by atoms with Crippen LogP contribution in [0.15, 0.2) is 22.7 Å². The lowest BCUT2D eigenvalue weighted by atomic mass is 9.73. The summed E-state index contributed by atoms with van der Waals surface area (Å²) in [5, 5.41) is 5.02. The van der Waals surface area contributed by atoms with Gasteiger partial charge in [-0.25, -0.2) is 9.18 Å². The number of imide groups is 1. The molecule has 3 rings (SSSR count). The van der Waals surface area contributed by atoms with Gasteiger partial charge in [-0.05, 0) is 37.0 Å². The molecule has 10 heteroatoms. The third-order valence-electron chi connectivity index (χ3n) is 5.36. The van der Waals surface area contributed by atoms with Crippen molar-refractivity contribution in [3.05, 3.63) is 28.5 Å². The Kier molecular flexibility index (Phi) is 6.21. The van der Waals surface area contributed by atoms with Crippen LogP contribution in [0.25, 0.3) is 0 Å². The highest BCUT2D eigenvalue weighted by molar-refractivity contribution is 9.10. The lowest BCUT2D eigenvalue weighted by Crippen LogP contribution is -2.54. The molecule has 1 heterocycles. The SMILES string of the molecule is C[C@@H]1CCCC[C@]12NC(=O)N(CC(=O)OCC(=O)Nc1ccc(Br)cc1F)C2=O. The van der Waals surface area contributed by atoms with Crippen molar-refractivity contribution in [3.8, 4) is 0 Å². The van der Waals surface area contributed by atoms with Crippen LogP contribution in [-0.4, -0.2) is 47.4 Å². The molecule has 0 radical (unpaired) electrons. The number of nitrogens with zero attached hydrogens (tertiary/aromatic N) is 1. The average molecular weight is 470 g/mol. The number of hydrogen-bond donors (Lipinski definition) is 2. The van der Waals surface area contributed by atoms with Gasteiger partial charge < -0.3 is 15.4 Å². The van der Waals surface area contributed by atoms with E-state index in [1.807, 2.05) is 6.92 Å². The predicted octanol–water partition coefficient (Wildman–Crippen LogP) is 2.57. The zero-order valence-electron chi connectivity index (χ0n) is 15.8. The molecular formula is C19H21BrFN3O5. The van der Waals surface area contributed by atoms with Crippen LogP contribution in [0.3, 0.4) is 0 Å². The third kappa shape index (κ3) is 4.42. The van der Waals surface area contributed by atoms with E-state index in [4.69, 9.17) is 4.74 Å². The Bertz CT molecular complexity index is 864. The Morgan fingerprint density at radius 2 is 2.14 bits per heavy atom. The van der Waals surface area contributed by atoms with Gasteiger partial charge in [0.15, 0.2) is 6.61 Å². The number of carbonyl (C=O) groups is 4. The van der Waals surface area contributed by atoms with E-state index in [9.17, 15) is 23.6 Å². The van der Waals surface area contributed by atoms with Crippen molar-refractivity contribution in [3.63, 3.8) is 0 Å². The summed E-state index contributed by atoms with van der Waals surface area (Å²) in [5.74, 6) is -2.76. The van der Waals surface area contributed by atoms with E-state index in [1.54, 1.807) is 6.07 Å². The van der Waals surface area contributed by atoms with E-state index in [-0.39, 0.29) is 11.6 Å². The molecule has 1 aliphatic heterocycles. The van der Waals surface area contributed by atoms with E-state index in [2.05, 4.69) is 26.6 Å². The summed E-state index contributed by atoms with van der Waals surface area (Å²) in [6.07, 6.45) is 3.16. The molecule has 1 saturated carbocycles. The summed E-state index contributed by atoms with van der Waals surface area (Å²) in [6.45, 7) is 0.656. The second-order valence-corrected chi connectivity index (χ2v) is 8.19. The summed E-state index contributed by atoms with van der Waals surface area (Å²) in [4.78, 5) is 49.8. The second kappa shape index (κ2) is 8.48. The minimum absolute atomic E-state index is 0.0275. The van der Waals surface area contributed by atoms with Crippen LogP contribution < -0.4 is 10.6 Å². The van der Waals surface area contributed by atoms with Gasteiger partial charge in [0.25, 0.3) is 11.8 Å². The molecule has 0 aromatic heterocycles. The van der Waals surface area contributed by atoms with Crippen molar-refractivity contribution in [2.75, 3.05) is 18.5 Å². The van der Waals surface area contributed by atoms with Gasteiger partial charge in [-0.1, -0.05) is 35.7 Å². The minimum atomic E-state index is -0.966. The van der Waals surface area contributed by atoms with Crippen molar-refractivity contribution in [1.29, 1.82) is 0 Å². The minimum Gasteiger partial charge on any atom is -0.454 e. The highest BCUT2D eigenvalue weighted by atomic mass is 79.9. The lowest BCUT2D eigenvalue weighted by molar-refractivity contribution is -0.150. The van der Waals surface area contributed by atoms with Crippen molar-refractivity contribution < 1.29 is 28.3 Å². The van der Waals surface area contributed by atoms with Gasteiger partial charge in [0.2, 0.25) is 0 Å². The molecule has 1 spiro atoms. The van der Waals surface area contributed by atoms with Crippen LogP contribution in [0.5, 0.6) is 0 Å². The lowest BCUT2D eigenvalue weighted by Gasteiger charge is -2.36. The molecule has 2 aliphatic rings. The number of esters is 1. The number of nitrogens with one attached hydrogen (secondary N) is 2. The topological polar surface area (TPSA) is 105 Å². The number of amides is 4. The number of carbonyl (C=O) groups excluding carboxylic acids is 4. The quantitative estimate of drug-likeness (QED) is 0.509. The highest BCUT2D eigenvalue weighted by Gasteiger charge is 2.55. The molecule has 1 aromatic rings. The molecule has 0 bridgehead atoms. The fourth-order valence-electron chi connectivity index (χ4n) is 3.74. The van der Waals surface area contributed by atoms with Gasteiger partial charge in [0, 0.05) is 4.47 Å². The number of ether oxygens (including phenoxy) is 1. The molecule has 1 aromatic carbocycles. The standard InChI is InChI=1S/C19H21BrFN3O5/c1-11-4-2-3-7-19(11)17(27)24(18(28)23-19)9-16(26)29-10-15(25)22-14-6-5-12(20)8-13(14)21/h5-6,8,11H,2-4,7,9-10H2,1H3,(H,22,25)(H,23,28)/t11-,19+/m1/s1. The zero-order chi connectivity index (χ0) is 21.2. The Hall–Kier alpha value is -2.49. The van der Waals surface area contributed by atoms with E-state index in [0.29, 0.717) is 10.9 Å². The Morgan fingerprint density at radius 3 is 2.83 bits per heavy atom. The summed E-state index contributed by atoms with van der Waals surface area (Å²) >= 11 is 3.11. The molecule has 4 amide bonds. The largest absolute Gasteiger partial charge is 0.454 e. The molecule has 1 saturated heterocycles. The molecule has 2 fully saturated rings. The van der Waals surface area contributed by atoms with E-state index in [1.165, 1.54) is 12.1 Å². The zero-order valence-corrected chi connectivity index (χ0v) is 17.4. The van der Waals surface area contributed by atoms with Crippen LogP contribution in [0.4, 0.5) is 14.9 Å². The van der Waals surface area contributed by atoms with Crippen LogP contribution in [0, 0.1) is 11.7 Å². The second-order valence-electron chi connectivity index (χ2n) is 7.27. The van der Waals surface area contributed by atoms with Crippen LogP contribution in [0.2, 0.25) is 0 Å². The van der Waals surface area contributed by atoms with Crippen molar-refractivity contribution in [1.82, 2.24) is 10.2 Å². The van der Waals surface area contributed by atoms with Gasteiger partial charge in [-0.15, -0.1) is 0 Å². The van der Waals surface area contributed by atoms with E-state index >= 15 is 0 Å². The maximum Gasteiger partial charge on any atom is 0.326 e. The monoisotopic (exact) mass is 469 g/mol. The van der Waals surface area contributed by atoms with Gasteiger partial charge >= 0.3 is 12.0 Å². The fraction of sp³-hybridized carbons (Fsp3) is 0.474. The number of halogens is 2. The Morgan fingerprint density at radius 1 is 1.38 bits per heavy atom. The average Bonchev–Trinajstić information content (AvgIpc) is 2.90. The number of rotatable bonds is 5. The first-order chi connectivity index (χ1) is 13.7.